The molecule has 0 N–H and O–H groups in total. The molecule has 0 aliphatic carbocycles. The zero-order chi connectivity index (χ0) is 43.0. The van der Waals surface area contributed by atoms with Crippen LogP contribution in [0.4, 0.5) is 5.95 Å². The van der Waals surface area contributed by atoms with Crippen LogP contribution in [0.25, 0.3) is 11.2 Å². The lowest BCUT2D eigenvalue weighted by Crippen LogP contribution is -2.39. The molecule has 0 bridgehead atoms. The first-order valence-corrected chi connectivity index (χ1v) is 21.1. The van der Waals surface area contributed by atoms with Crippen molar-refractivity contribution in [3.63, 3.8) is 0 Å². The van der Waals surface area contributed by atoms with Gasteiger partial charge in [0.15, 0.2) is 11.2 Å². The Balaban J connectivity index is 1.46. The predicted octanol–water partition coefficient (Wildman–Crippen LogP) is 7.33. The van der Waals surface area contributed by atoms with E-state index in [0.29, 0.717) is 23.6 Å². The maximum atomic E-state index is 13.5. The van der Waals surface area contributed by atoms with Crippen LogP contribution in [0, 0.1) is 11.3 Å². The van der Waals surface area contributed by atoms with Crippen LogP contribution < -0.4 is 15.0 Å². The summed E-state index contributed by atoms with van der Waals surface area (Å²) in [6, 6.07) is 28.1. The van der Waals surface area contributed by atoms with Gasteiger partial charge in [-0.25, -0.2) is 14.6 Å². The molecule has 4 atom stereocenters. The van der Waals surface area contributed by atoms with Crippen molar-refractivity contribution in [2.24, 2.45) is 12.0 Å². The highest BCUT2D eigenvalue weighted by Crippen LogP contribution is 2.51. The molecule has 1 unspecified atom stereocenters. The molecular formula is C44H55N8O7P. The van der Waals surface area contributed by atoms with Crippen LogP contribution in [-0.2, 0) is 31.2 Å². The summed E-state index contributed by atoms with van der Waals surface area (Å²) in [7, 11) is 6.91. The molecule has 3 aromatic carbocycles. The summed E-state index contributed by atoms with van der Waals surface area (Å²) < 4.78 is 44.2. The van der Waals surface area contributed by atoms with Crippen LogP contribution in [0.2, 0.25) is 0 Å². The SMILES string of the molecule is COc1ccc(C(OC[C@H]2O[C@@H](n3cnc4c(=O)n(C)c(/N=C/N(C)C)nc43)C[C@@H]2OP(OCCC#N)N(C(C)C)C(C)C)(c2ccccc2)c2ccc(OC)cc2)cc1. The van der Waals surface area contributed by atoms with Crippen LogP contribution in [0.15, 0.2) is 95.0 Å². The number of imidazole rings is 1. The number of aliphatic imine (C=N–C) groups is 1. The summed E-state index contributed by atoms with van der Waals surface area (Å²) in [5, 5.41) is 9.42. The third-order valence-corrected chi connectivity index (χ3v) is 12.4. The van der Waals surface area contributed by atoms with Crippen molar-refractivity contribution in [1.29, 1.82) is 5.26 Å². The standard InChI is InChI=1S/C44H55N8O7P/c1-30(2)52(31(3)4)60(57-25-13-24-45)59-37-26-39(51-29-46-40-41(51)48-43(47-28-49(5)6)50(7)42(40)53)58-38(37)27-56-44(32-14-11-10-12-15-32,33-16-20-35(54-8)21-17-33)34-18-22-36(55-9)23-19-34/h10-12,14-23,28-31,37-39H,13,25-27H2,1-9H3/b47-28+/t37-,38+,39+,60?/m0/s1. The Labute approximate surface area is 353 Å². The van der Waals surface area contributed by atoms with Gasteiger partial charge in [-0.3, -0.25) is 13.9 Å². The van der Waals surface area contributed by atoms with Crippen LogP contribution in [0.1, 0.15) is 63.5 Å². The van der Waals surface area contributed by atoms with E-state index in [0.717, 1.165) is 16.7 Å². The summed E-state index contributed by atoms with van der Waals surface area (Å²) in [5.74, 6) is 1.64. The second-order valence-electron chi connectivity index (χ2n) is 15.2. The molecule has 60 heavy (non-hydrogen) atoms. The van der Waals surface area contributed by atoms with E-state index in [1.807, 2.05) is 93.0 Å². The van der Waals surface area contributed by atoms with Gasteiger partial charge in [0.05, 0.1) is 58.7 Å². The number of fused-ring (bicyclic) bond motifs is 1. The number of aromatic nitrogens is 4. The third-order valence-electron chi connectivity index (χ3n) is 10.2. The summed E-state index contributed by atoms with van der Waals surface area (Å²) in [5.41, 5.74) is 1.70. The Hall–Kier alpha value is -5.20. The van der Waals surface area contributed by atoms with Gasteiger partial charge in [-0.1, -0.05) is 54.6 Å². The van der Waals surface area contributed by atoms with Crippen molar-refractivity contribution in [2.45, 2.75) is 76.7 Å². The van der Waals surface area contributed by atoms with E-state index in [2.05, 4.69) is 48.4 Å². The first kappa shape index (κ1) is 44.4. The molecule has 318 valence electrons. The first-order chi connectivity index (χ1) is 28.9. The zero-order valence-electron chi connectivity index (χ0n) is 35.8. The summed E-state index contributed by atoms with van der Waals surface area (Å²) in [4.78, 5) is 29.0. The monoisotopic (exact) mass is 838 g/mol. The molecular weight excluding hydrogens is 784 g/mol. The van der Waals surface area contributed by atoms with Crippen LogP contribution in [0.3, 0.4) is 0 Å². The molecule has 15 nitrogen and oxygen atoms in total. The highest BCUT2D eigenvalue weighted by Gasteiger charge is 2.45. The molecule has 0 spiro atoms. The fourth-order valence-electron chi connectivity index (χ4n) is 7.35. The van der Waals surface area contributed by atoms with Gasteiger partial charge in [-0.2, -0.15) is 10.2 Å². The predicted molar refractivity (Wildman–Crippen MR) is 231 cm³/mol. The quantitative estimate of drug-likeness (QED) is 0.0269. The average Bonchev–Trinajstić information content (AvgIpc) is 3.86. The Kier molecular flexibility index (Phi) is 14.7. The number of nitrogens with zero attached hydrogens (tertiary/aromatic N) is 8. The minimum Gasteiger partial charge on any atom is -0.497 e. The van der Waals surface area contributed by atoms with Crippen molar-refractivity contribution in [2.75, 3.05) is 41.5 Å². The highest BCUT2D eigenvalue weighted by atomic mass is 31.2. The number of benzene rings is 3. The van der Waals surface area contributed by atoms with E-state index in [-0.39, 0.29) is 48.7 Å². The average molecular weight is 839 g/mol. The topological polar surface area (TPSA) is 151 Å². The minimum atomic E-state index is -1.67. The molecule has 1 fully saturated rings. The summed E-state index contributed by atoms with van der Waals surface area (Å²) >= 11 is 0. The van der Waals surface area contributed by atoms with Gasteiger partial charge in [0.25, 0.3) is 14.1 Å². The van der Waals surface area contributed by atoms with Crippen LogP contribution in [0.5, 0.6) is 11.5 Å². The van der Waals surface area contributed by atoms with Crippen molar-refractivity contribution in [3.8, 4) is 17.6 Å². The zero-order valence-corrected chi connectivity index (χ0v) is 36.7. The molecule has 3 heterocycles. The lowest BCUT2D eigenvalue weighted by molar-refractivity contribution is -0.0912. The Morgan fingerprint density at radius 1 is 0.967 bits per heavy atom. The van der Waals surface area contributed by atoms with Gasteiger partial charge in [-0.15, -0.1) is 0 Å². The number of methoxy groups -OCH3 is 2. The molecule has 1 aliphatic rings. The molecule has 0 saturated carbocycles. The molecule has 2 aromatic heterocycles. The van der Waals surface area contributed by atoms with Gasteiger partial charge < -0.3 is 32.9 Å². The number of nitriles is 1. The van der Waals surface area contributed by atoms with Gasteiger partial charge in [-0.05, 0) is 68.7 Å². The number of hydrogen-bond acceptors (Lipinski definition) is 12. The van der Waals surface area contributed by atoms with Gasteiger partial charge in [0.1, 0.15) is 29.4 Å². The molecule has 5 aromatic rings. The Morgan fingerprint density at radius 2 is 1.57 bits per heavy atom. The maximum Gasteiger partial charge on any atom is 0.282 e. The Bertz CT molecular complexity index is 2240. The Morgan fingerprint density at radius 3 is 2.12 bits per heavy atom. The van der Waals surface area contributed by atoms with E-state index in [1.165, 1.54) is 4.57 Å². The minimum absolute atomic E-state index is 0.0685. The molecule has 16 heteroatoms. The van der Waals surface area contributed by atoms with Gasteiger partial charge >= 0.3 is 0 Å². The van der Waals surface area contributed by atoms with E-state index in [9.17, 15) is 10.1 Å². The maximum absolute atomic E-state index is 13.5. The third kappa shape index (κ3) is 9.55. The molecule has 0 radical (unpaired) electrons. The van der Waals surface area contributed by atoms with Gasteiger partial charge in [0, 0.05) is 39.6 Å². The van der Waals surface area contributed by atoms with E-state index in [4.69, 9.17) is 33.0 Å². The lowest BCUT2D eigenvalue weighted by Gasteiger charge is -2.39. The molecule has 0 amide bonds. The second kappa shape index (κ2) is 19.9. The van der Waals surface area contributed by atoms with Crippen molar-refractivity contribution in [3.05, 3.63) is 112 Å². The largest absolute Gasteiger partial charge is 0.497 e. The number of rotatable bonds is 19. The second-order valence-corrected chi connectivity index (χ2v) is 16.6. The van der Waals surface area contributed by atoms with Crippen molar-refractivity contribution < 1.29 is 28.0 Å². The molecule has 6 rings (SSSR count). The fourth-order valence-corrected chi connectivity index (χ4v) is 9.11. The smallest absolute Gasteiger partial charge is 0.282 e. The number of ether oxygens (including phenoxy) is 4. The van der Waals surface area contributed by atoms with E-state index < -0.39 is 32.6 Å². The first-order valence-electron chi connectivity index (χ1n) is 19.9. The lowest BCUT2D eigenvalue weighted by atomic mass is 9.80. The van der Waals surface area contributed by atoms with Crippen LogP contribution >= 0.6 is 8.53 Å². The van der Waals surface area contributed by atoms with E-state index >= 15 is 0 Å². The number of hydrogen-bond donors (Lipinski definition) is 0. The molecule has 1 saturated heterocycles. The summed E-state index contributed by atoms with van der Waals surface area (Å²) in [6.45, 7) is 8.66. The van der Waals surface area contributed by atoms with Crippen LogP contribution in [-0.4, -0.2) is 101 Å². The van der Waals surface area contributed by atoms with E-state index in [1.54, 1.807) is 43.4 Å². The summed E-state index contributed by atoms with van der Waals surface area (Å²) in [6.07, 6.45) is 1.84. The highest BCUT2D eigenvalue weighted by molar-refractivity contribution is 7.44. The van der Waals surface area contributed by atoms with Gasteiger partial charge in [0.2, 0.25) is 5.95 Å². The molecule has 1 aliphatic heterocycles. The fraction of sp³-hybridized carbons (Fsp3) is 0.432. The van der Waals surface area contributed by atoms with Crippen molar-refractivity contribution in [1.82, 2.24) is 28.7 Å². The normalized spacial score (nSPS) is 17.6. The van der Waals surface area contributed by atoms with Crippen molar-refractivity contribution >= 4 is 32.0 Å².